The average molecular weight is 270 g/mol. The molecule has 0 radical (unpaired) electrons. The molecule has 0 N–H and O–H groups in total. The van der Waals surface area contributed by atoms with E-state index >= 15 is 0 Å². The molecule has 2 rings (SSSR count). The van der Waals surface area contributed by atoms with Crippen molar-refractivity contribution in [2.75, 3.05) is 0 Å². The lowest BCUT2D eigenvalue weighted by Gasteiger charge is -2.10. The van der Waals surface area contributed by atoms with Gasteiger partial charge in [-0.2, -0.15) is 13.2 Å². The van der Waals surface area contributed by atoms with Gasteiger partial charge in [0.25, 0.3) is 0 Å². The third kappa shape index (κ3) is 2.46. The van der Waals surface area contributed by atoms with E-state index in [1.807, 2.05) is 13.0 Å². The van der Waals surface area contributed by atoms with Crippen LogP contribution in [-0.4, -0.2) is 6.29 Å². The van der Waals surface area contributed by atoms with E-state index in [9.17, 15) is 18.0 Å². The molecule has 1 nitrogen and oxygen atoms in total. The smallest absolute Gasteiger partial charge is 0.298 e. The predicted octanol–water partition coefficient (Wildman–Crippen LogP) is 4.55. The summed E-state index contributed by atoms with van der Waals surface area (Å²) >= 11 is 1.42. The van der Waals surface area contributed by atoms with Gasteiger partial charge in [-0.1, -0.05) is 12.1 Å². The Balaban J connectivity index is 2.56. The van der Waals surface area contributed by atoms with Crippen LogP contribution in [0.15, 0.2) is 30.3 Å². The first kappa shape index (κ1) is 12.8. The van der Waals surface area contributed by atoms with Gasteiger partial charge in [0.05, 0.1) is 5.56 Å². The molecule has 1 aromatic carbocycles. The molecule has 1 heterocycles. The van der Waals surface area contributed by atoms with E-state index in [0.29, 0.717) is 5.56 Å². The standard InChI is InChI=1S/C13H9F3OS/c1-8-2-5-12(18-8)9-3-4-10(7-17)11(6-9)13(14,15)16/h2-7H,1H3. The van der Waals surface area contributed by atoms with Crippen LogP contribution in [0, 0.1) is 6.92 Å². The summed E-state index contributed by atoms with van der Waals surface area (Å²) in [6.07, 6.45) is -4.29. The molecule has 0 atom stereocenters. The van der Waals surface area contributed by atoms with Crippen molar-refractivity contribution < 1.29 is 18.0 Å². The number of carbonyl (C=O) groups excluding carboxylic acids is 1. The molecule has 0 amide bonds. The molecule has 0 saturated heterocycles. The highest BCUT2D eigenvalue weighted by Gasteiger charge is 2.33. The molecule has 0 aliphatic rings. The lowest BCUT2D eigenvalue weighted by molar-refractivity contribution is -0.137. The van der Waals surface area contributed by atoms with Crippen LogP contribution in [-0.2, 0) is 6.18 Å². The average Bonchev–Trinajstić information content (AvgIpc) is 2.74. The number of rotatable bonds is 2. The first-order chi connectivity index (χ1) is 8.41. The zero-order valence-electron chi connectivity index (χ0n) is 9.41. The third-order valence-electron chi connectivity index (χ3n) is 2.51. The van der Waals surface area contributed by atoms with E-state index in [1.165, 1.54) is 23.5 Å². The van der Waals surface area contributed by atoms with Gasteiger partial charge < -0.3 is 0 Å². The molecule has 1 aromatic heterocycles. The number of benzene rings is 1. The fourth-order valence-corrected chi connectivity index (χ4v) is 2.51. The first-order valence-electron chi connectivity index (χ1n) is 5.15. The number of aryl methyl sites for hydroxylation is 1. The number of carbonyl (C=O) groups is 1. The number of alkyl halides is 3. The van der Waals surface area contributed by atoms with Gasteiger partial charge in [0.15, 0.2) is 6.29 Å². The zero-order chi connectivity index (χ0) is 13.3. The van der Waals surface area contributed by atoms with E-state index < -0.39 is 11.7 Å². The highest BCUT2D eigenvalue weighted by atomic mass is 32.1. The van der Waals surface area contributed by atoms with Crippen LogP contribution >= 0.6 is 11.3 Å². The molecule has 0 spiro atoms. The van der Waals surface area contributed by atoms with Gasteiger partial charge in [-0.15, -0.1) is 11.3 Å². The Labute approximate surface area is 106 Å². The minimum atomic E-state index is -4.52. The highest BCUT2D eigenvalue weighted by molar-refractivity contribution is 7.15. The Bertz CT molecular complexity index is 584. The van der Waals surface area contributed by atoms with Crippen LogP contribution in [0.4, 0.5) is 13.2 Å². The Morgan fingerprint density at radius 1 is 1.17 bits per heavy atom. The topological polar surface area (TPSA) is 17.1 Å². The summed E-state index contributed by atoms with van der Waals surface area (Å²) in [4.78, 5) is 12.4. The first-order valence-corrected chi connectivity index (χ1v) is 5.96. The quantitative estimate of drug-likeness (QED) is 0.731. The second kappa shape index (κ2) is 4.57. The number of aldehydes is 1. The summed E-state index contributed by atoms with van der Waals surface area (Å²) < 4.78 is 38.3. The maximum Gasteiger partial charge on any atom is 0.417 e. The fourth-order valence-electron chi connectivity index (χ4n) is 1.65. The SMILES string of the molecule is Cc1ccc(-c2ccc(C=O)c(C(F)(F)F)c2)s1. The molecule has 0 saturated carbocycles. The van der Waals surface area contributed by atoms with Crippen LogP contribution in [0.5, 0.6) is 0 Å². The molecule has 2 aromatic rings. The minimum absolute atomic E-state index is 0.228. The normalized spacial score (nSPS) is 11.6. The van der Waals surface area contributed by atoms with Gasteiger partial charge in [0.1, 0.15) is 0 Å². The van der Waals surface area contributed by atoms with Crippen molar-refractivity contribution in [1.82, 2.24) is 0 Å². The van der Waals surface area contributed by atoms with E-state index in [2.05, 4.69) is 0 Å². The monoisotopic (exact) mass is 270 g/mol. The Morgan fingerprint density at radius 3 is 2.39 bits per heavy atom. The Morgan fingerprint density at radius 2 is 1.89 bits per heavy atom. The number of halogens is 3. The number of thiophene rings is 1. The maximum absolute atomic E-state index is 12.8. The third-order valence-corrected chi connectivity index (χ3v) is 3.56. The van der Waals surface area contributed by atoms with E-state index in [1.54, 1.807) is 6.07 Å². The molecule has 0 aliphatic carbocycles. The van der Waals surface area contributed by atoms with Crippen LogP contribution in [0.25, 0.3) is 10.4 Å². The molecule has 18 heavy (non-hydrogen) atoms. The van der Waals surface area contributed by atoms with Crippen LogP contribution in [0.1, 0.15) is 20.8 Å². The van der Waals surface area contributed by atoms with E-state index in [-0.39, 0.29) is 11.8 Å². The largest absolute Gasteiger partial charge is 0.417 e. The molecular formula is C13H9F3OS. The van der Waals surface area contributed by atoms with Gasteiger partial charge in [-0.3, -0.25) is 4.79 Å². The summed E-state index contributed by atoms with van der Waals surface area (Å²) in [6, 6.07) is 7.39. The van der Waals surface area contributed by atoms with Crippen LogP contribution in [0.2, 0.25) is 0 Å². The van der Waals surface area contributed by atoms with Crippen molar-refractivity contribution in [3.05, 3.63) is 46.3 Å². The van der Waals surface area contributed by atoms with Crippen molar-refractivity contribution >= 4 is 17.6 Å². The van der Waals surface area contributed by atoms with Gasteiger partial charge >= 0.3 is 6.18 Å². The Hall–Kier alpha value is -1.62. The predicted molar refractivity (Wildman–Crippen MR) is 64.9 cm³/mol. The van der Waals surface area contributed by atoms with Gasteiger partial charge in [-0.05, 0) is 30.7 Å². The van der Waals surface area contributed by atoms with Gasteiger partial charge in [0, 0.05) is 15.3 Å². The molecule has 0 aliphatic heterocycles. The molecule has 5 heteroatoms. The molecule has 0 fully saturated rings. The summed E-state index contributed by atoms with van der Waals surface area (Å²) in [6.45, 7) is 1.89. The van der Waals surface area contributed by atoms with Gasteiger partial charge in [0.2, 0.25) is 0 Å². The fraction of sp³-hybridized carbons (Fsp3) is 0.154. The second-order valence-corrected chi connectivity index (χ2v) is 5.12. The molecule has 94 valence electrons. The van der Waals surface area contributed by atoms with E-state index in [0.717, 1.165) is 15.8 Å². The maximum atomic E-state index is 12.8. The molecule has 0 unspecified atom stereocenters. The minimum Gasteiger partial charge on any atom is -0.298 e. The summed E-state index contributed by atoms with van der Waals surface area (Å²) in [7, 11) is 0. The molecule has 0 bridgehead atoms. The van der Waals surface area contributed by atoms with Crippen molar-refractivity contribution in [1.29, 1.82) is 0 Å². The van der Waals surface area contributed by atoms with Gasteiger partial charge in [-0.25, -0.2) is 0 Å². The summed E-state index contributed by atoms with van der Waals surface area (Å²) in [5.41, 5.74) is -0.744. The lowest BCUT2D eigenvalue weighted by atomic mass is 10.0. The Kier molecular flexibility index (Phi) is 3.26. The molecular weight excluding hydrogens is 261 g/mol. The van der Waals surface area contributed by atoms with Crippen molar-refractivity contribution in [3.8, 4) is 10.4 Å². The second-order valence-electron chi connectivity index (χ2n) is 3.83. The lowest BCUT2D eigenvalue weighted by Crippen LogP contribution is -2.08. The van der Waals surface area contributed by atoms with E-state index in [4.69, 9.17) is 0 Å². The van der Waals surface area contributed by atoms with Crippen molar-refractivity contribution in [3.63, 3.8) is 0 Å². The van der Waals surface area contributed by atoms with Crippen molar-refractivity contribution in [2.45, 2.75) is 13.1 Å². The highest BCUT2D eigenvalue weighted by Crippen LogP contribution is 2.36. The van der Waals surface area contributed by atoms with Crippen LogP contribution < -0.4 is 0 Å². The number of hydrogen-bond acceptors (Lipinski definition) is 2. The summed E-state index contributed by atoms with van der Waals surface area (Å²) in [5.74, 6) is 0. The summed E-state index contributed by atoms with van der Waals surface area (Å²) in [5, 5.41) is 0. The number of hydrogen-bond donors (Lipinski definition) is 0. The van der Waals surface area contributed by atoms with Crippen molar-refractivity contribution in [2.24, 2.45) is 0 Å². The van der Waals surface area contributed by atoms with Crippen LogP contribution in [0.3, 0.4) is 0 Å². The zero-order valence-corrected chi connectivity index (χ0v) is 10.2.